The van der Waals surface area contributed by atoms with Crippen molar-refractivity contribution in [3.05, 3.63) is 76.5 Å². The topological polar surface area (TPSA) is 59.5 Å². The van der Waals surface area contributed by atoms with Crippen LogP contribution in [0.2, 0.25) is 0 Å². The normalized spacial score (nSPS) is 11.3. The first kappa shape index (κ1) is 22.4. The predicted molar refractivity (Wildman–Crippen MR) is 106 cm³/mol. The minimum Gasteiger partial charge on any atom is -0.459 e. The summed E-state index contributed by atoms with van der Waals surface area (Å²) in [6.45, 7) is 0.980. The van der Waals surface area contributed by atoms with E-state index in [1.807, 2.05) is 0 Å². The fourth-order valence-electron chi connectivity index (χ4n) is 2.72. The highest BCUT2D eigenvalue weighted by atomic mass is 32.1. The molecule has 1 aromatic heterocycles. The summed E-state index contributed by atoms with van der Waals surface area (Å²) in [4.78, 5) is 29.3. The Kier molecular flexibility index (Phi) is 6.69. The monoisotopic (exact) mass is 452 g/mol. The zero-order chi connectivity index (χ0) is 22.6. The van der Waals surface area contributed by atoms with E-state index in [0.29, 0.717) is 5.69 Å². The van der Waals surface area contributed by atoms with Gasteiger partial charge in [0.1, 0.15) is 12.4 Å². The Morgan fingerprint density at radius 3 is 2.55 bits per heavy atom. The van der Waals surface area contributed by atoms with Crippen molar-refractivity contribution in [2.45, 2.75) is 26.1 Å². The van der Waals surface area contributed by atoms with E-state index in [0.717, 1.165) is 28.4 Å². The van der Waals surface area contributed by atoms with Gasteiger partial charge in [-0.2, -0.15) is 13.2 Å². The molecule has 0 aliphatic heterocycles. The third-order valence-electron chi connectivity index (χ3n) is 4.15. The molecule has 0 aliphatic carbocycles. The van der Waals surface area contributed by atoms with Crippen LogP contribution >= 0.6 is 11.3 Å². The largest absolute Gasteiger partial charge is 0.459 e. The number of thiazole rings is 1. The van der Waals surface area contributed by atoms with Crippen LogP contribution in [0.5, 0.6) is 0 Å². The average Bonchev–Trinajstić information content (AvgIpc) is 3.16. The Balaban J connectivity index is 1.71. The van der Waals surface area contributed by atoms with Crippen LogP contribution in [0.25, 0.3) is 0 Å². The highest BCUT2D eigenvalue weighted by molar-refractivity contribution is 7.14. The number of hydrogen-bond acceptors (Lipinski definition) is 5. The summed E-state index contributed by atoms with van der Waals surface area (Å²) in [6, 6.07) is 10.1. The van der Waals surface area contributed by atoms with Crippen LogP contribution in [-0.4, -0.2) is 16.9 Å². The summed E-state index contributed by atoms with van der Waals surface area (Å²) in [7, 11) is 0. The summed E-state index contributed by atoms with van der Waals surface area (Å²) >= 11 is 1.01. The van der Waals surface area contributed by atoms with Crippen LogP contribution < -0.4 is 4.90 Å². The zero-order valence-electron chi connectivity index (χ0n) is 16.1. The van der Waals surface area contributed by atoms with Crippen molar-refractivity contribution in [1.29, 1.82) is 0 Å². The summed E-state index contributed by atoms with van der Waals surface area (Å²) in [6.07, 6.45) is -4.81. The van der Waals surface area contributed by atoms with Gasteiger partial charge in [0.05, 0.1) is 23.4 Å². The SMILES string of the molecule is CC(=O)N(c1cccc(C(F)(F)F)c1)c1nc(COC(=O)Cc2ccccc2F)cs1. The minimum absolute atomic E-state index is 0.0137. The number of hydrogen-bond donors (Lipinski definition) is 0. The quantitative estimate of drug-likeness (QED) is 0.378. The first-order chi connectivity index (χ1) is 14.6. The van der Waals surface area contributed by atoms with Crippen LogP contribution in [0.3, 0.4) is 0 Å². The van der Waals surface area contributed by atoms with Crippen molar-refractivity contribution < 1.29 is 31.9 Å². The number of rotatable bonds is 6. The second kappa shape index (κ2) is 9.25. The van der Waals surface area contributed by atoms with Crippen molar-refractivity contribution in [2.24, 2.45) is 0 Å². The molecule has 5 nitrogen and oxygen atoms in total. The molecule has 0 bridgehead atoms. The molecule has 0 N–H and O–H groups in total. The number of amides is 1. The predicted octanol–water partition coefficient (Wildman–Crippen LogP) is 5.27. The lowest BCUT2D eigenvalue weighted by Crippen LogP contribution is -2.23. The smallest absolute Gasteiger partial charge is 0.416 e. The molecule has 31 heavy (non-hydrogen) atoms. The van der Waals surface area contributed by atoms with Gasteiger partial charge in [-0.15, -0.1) is 11.3 Å². The minimum atomic E-state index is -4.56. The van der Waals surface area contributed by atoms with E-state index < -0.39 is 29.4 Å². The molecule has 10 heteroatoms. The van der Waals surface area contributed by atoms with Crippen LogP contribution in [0, 0.1) is 5.82 Å². The molecule has 1 amide bonds. The van der Waals surface area contributed by atoms with Crippen LogP contribution in [0.15, 0.2) is 53.9 Å². The van der Waals surface area contributed by atoms with Gasteiger partial charge in [0.15, 0.2) is 5.13 Å². The second-order valence-electron chi connectivity index (χ2n) is 6.45. The number of benzene rings is 2. The van der Waals surface area contributed by atoms with Gasteiger partial charge in [-0.25, -0.2) is 9.37 Å². The standard InChI is InChI=1S/C21H16F4N2O3S/c1-13(28)27(17-7-4-6-15(10-17)21(23,24)25)20-26-16(12-31-20)11-30-19(29)9-14-5-2-3-8-18(14)22/h2-8,10,12H,9,11H2,1H3. The summed E-state index contributed by atoms with van der Waals surface area (Å²) in [5.74, 6) is -1.72. The molecular formula is C21H16F4N2O3S. The lowest BCUT2D eigenvalue weighted by atomic mass is 10.1. The molecule has 2 aromatic carbocycles. The Morgan fingerprint density at radius 1 is 1.13 bits per heavy atom. The van der Waals surface area contributed by atoms with Crippen LogP contribution in [-0.2, 0) is 33.5 Å². The lowest BCUT2D eigenvalue weighted by molar-refractivity contribution is -0.144. The zero-order valence-corrected chi connectivity index (χ0v) is 17.0. The lowest BCUT2D eigenvalue weighted by Gasteiger charge is -2.19. The summed E-state index contributed by atoms with van der Waals surface area (Å²) in [5, 5.41) is 1.65. The molecule has 0 aliphatic rings. The fourth-order valence-corrected chi connectivity index (χ4v) is 3.59. The maximum atomic E-state index is 13.6. The van der Waals surface area contributed by atoms with E-state index in [-0.39, 0.29) is 29.4 Å². The first-order valence-corrected chi connectivity index (χ1v) is 9.84. The van der Waals surface area contributed by atoms with Gasteiger partial charge in [0, 0.05) is 12.3 Å². The highest BCUT2D eigenvalue weighted by Gasteiger charge is 2.31. The molecular weight excluding hydrogens is 436 g/mol. The summed E-state index contributed by atoms with van der Waals surface area (Å²) < 4.78 is 57.7. The van der Waals surface area contributed by atoms with Crippen molar-refractivity contribution in [1.82, 2.24) is 4.98 Å². The number of halogens is 4. The van der Waals surface area contributed by atoms with E-state index in [4.69, 9.17) is 4.74 Å². The molecule has 3 rings (SSSR count). The molecule has 1 heterocycles. The molecule has 0 saturated heterocycles. The molecule has 0 spiro atoms. The number of aromatic nitrogens is 1. The highest BCUT2D eigenvalue weighted by Crippen LogP contribution is 2.35. The summed E-state index contributed by atoms with van der Waals surface area (Å²) in [5.41, 5.74) is -0.381. The van der Waals surface area contributed by atoms with Crippen LogP contribution in [0.1, 0.15) is 23.7 Å². The third kappa shape index (κ3) is 5.66. The Labute approximate surface area is 178 Å². The Morgan fingerprint density at radius 2 is 1.87 bits per heavy atom. The molecule has 0 saturated carbocycles. The second-order valence-corrected chi connectivity index (χ2v) is 7.29. The van der Waals surface area contributed by atoms with E-state index in [9.17, 15) is 27.2 Å². The van der Waals surface area contributed by atoms with Gasteiger partial charge in [0.25, 0.3) is 0 Å². The van der Waals surface area contributed by atoms with E-state index in [2.05, 4.69) is 4.98 Å². The third-order valence-corrected chi connectivity index (χ3v) is 5.03. The molecule has 0 fully saturated rings. The number of carbonyl (C=O) groups is 2. The van der Waals surface area contributed by atoms with Crippen molar-refractivity contribution in [3.63, 3.8) is 0 Å². The molecule has 3 aromatic rings. The average molecular weight is 452 g/mol. The van der Waals surface area contributed by atoms with Gasteiger partial charge in [-0.05, 0) is 29.8 Å². The Hall–Kier alpha value is -3.27. The number of carbonyl (C=O) groups excluding carboxylic acids is 2. The number of anilines is 2. The molecule has 0 radical (unpaired) electrons. The van der Waals surface area contributed by atoms with E-state index in [1.54, 1.807) is 6.07 Å². The number of ether oxygens (including phenoxy) is 1. The van der Waals surface area contributed by atoms with Gasteiger partial charge >= 0.3 is 12.1 Å². The van der Waals surface area contributed by atoms with Crippen molar-refractivity contribution >= 4 is 34.0 Å². The van der Waals surface area contributed by atoms with Gasteiger partial charge in [-0.3, -0.25) is 14.5 Å². The van der Waals surface area contributed by atoms with E-state index >= 15 is 0 Å². The van der Waals surface area contributed by atoms with Crippen molar-refractivity contribution in [2.75, 3.05) is 4.90 Å². The number of esters is 1. The molecule has 0 atom stereocenters. The number of nitrogens with zero attached hydrogens (tertiary/aromatic N) is 2. The molecule has 162 valence electrons. The van der Waals surface area contributed by atoms with Crippen LogP contribution in [0.4, 0.5) is 28.4 Å². The van der Waals surface area contributed by atoms with Gasteiger partial charge in [-0.1, -0.05) is 24.3 Å². The van der Waals surface area contributed by atoms with Gasteiger partial charge < -0.3 is 4.74 Å². The van der Waals surface area contributed by atoms with E-state index in [1.165, 1.54) is 42.6 Å². The molecule has 0 unspecified atom stereocenters. The Bertz CT molecular complexity index is 1100. The fraction of sp³-hybridized carbons (Fsp3) is 0.190. The number of alkyl halides is 3. The van der Waals surface area contributed by atoms with Crippen molar-refractivity contribution in [3.8, 4) is 0 Å². The van der Waals surface area contributed by atoms with Gasteiger partial charge in [0.2, 0.25) is 5.91 Å². The maximum Gasteiger partial charge on any atom is 0.416 e. The maximum absolute atomic E-state index is 13.6. The first-order valence-electron chi connectivity index (χ1n) is 8.96.